The van der Waals surface area contributed by atoms with Crippen LogP contribution in [0, 0.1) is 17.1 Å². The largest absolute Gasteiger partial charge is 0.374 e. The fraction of sp³-hybridized carbons (Fsp3) is 0.444. The molecular weight excluding hydrogens is 295 g/mol. The minimum Gasteiger partial charge on any atom is -0.374 e. The number of rotatable bonds is 7. The molecule has 2 rings (SSSR count). The topological polar surface area (TPSA) is 62.1 Å². The van der Waals surface area contributed by atoms with E-state index in [-0.39, 0.29) is 24.0 Å². The Morgan fingerprint density at radius 1 is 1.48 bits per heavy atom. The van der Waals surface area contributed by atoms with Gasteiger partial charge in [-0.25, -0.2) is 4.39 Å². The molecule has 23 heavy (non-hydrogen) atoms. The van der Waals surface area contributed by atoms with Gasteiger partial charge in [-0.15, -0.1) is 0 Å². The third-order valence-electron chi connectivity index (χ3n) is 3.88. The molecule has 5 heteroatoms. The lowest BCUT2D eigenvalue weighted by Crippen LogP contribution is -2.32. The average Bonchev–Trinajstić information content (AvgIpc) is 3.07. The highest BCUT2D eigenvalue weighted by Gasteiger charge is 2.23. The lowest BCUT2D eigenvalue weighted by atomic mass is 10.0. The first kappa shape index (κ1) is 17.2. The van der Waals surface area contributed by atoms with Gasteiger partial charge in [0, 0.05) is 12.2 Å². The lowest BCUT2D eigenvalue weighted by molar-refractivity contribution is -0.123. The van der Waals surface area contributed by atoms with Gasteiger partial charge in [-0.3, -0.25) is 4.79 Å². The van der Waals surface area contributed by atoms with E-state index in [1.54, 1.807) is 12.1 Å². The number of halogens is 1. The number of hydrogen-bond acceptors (Lipinski definition) is 3. The maximum absolute atomic E-state index is 13.8. The molecule has 0 aliphatic heterocycles. The molecule has 2 atom stereocenters. The number of nitrogens with one attached hydrogen (secondary N) is 1. The Labute approximate surface area is 135 Å². The number of benzene rings is 1. The molecule has 0 saturated heterocycles. The monoisotopic (exact) mass is 316 g/mol. The summed E-state index contributed by atoms with van der Waals surface area (Å²) in [5, 5.41) is 11.8. The minimum atomic E-state index is -0.997. The van der Waals surface area contributed by atoms with Crippen molar-refractivity contribution in [2.45, 2.75) is 44.8 Å². The number of carbonyl (C=O) groups is 1. The first-order chi connectivity index (χ1) is 11.2. The van der Waals surface area contributed by atoms with Crippen molar-refractivity contribution >= 4 is 5.91 Å². The van der Waals surface area contributed by atoms with Gasteiger partial charge in [0.15, 0.2) is 0 Å². The van der Waals surface area contributed by atoms with Crippen LogP contribution in [0.4, 0.5) is 4.39 Å². The fourth-order valence-electron chi connectivity index (χ4n) is 2.76. The number of amides is 1. The molecule has 0 heterocycles. The summed E-state index contributed by atoms with van der Waals surface area (Å²) >= 11 is 0. The number of nitrogens with zero attached hydrogens (tertiary/aromatic N) is 1. The predicted octanol–water partition coefficient (Wildman–Crippen LogP) is 3.41. The normalized spacial score (nSPS) is 16.3. The van der Waals surface area contributed by atoms with Crippen LogP contribution in [0.15, 0.2) is 35.9 Å². The van der Waals surface area contributed by atoms with E-state index in [4.69, 9.17) is 4.74 Å². The van der Waals surface area contributed by atoms with Crippen LogP contribution in [0.5, 0.6) is 0 Å². The van der Waals surface area contributed by atoms with E-state index in [1.807, 2.05) is 13.0 Å². The Kier molecular flexibility index (Phi) is 6.30. The molecule has 0 bridgehead atoms. The first-order valence-electron chi connectivity index (χ1n) is 7.89. The quantitative estimate of drug-likeness (QED) is 0.784. The minimum absolute atomic E-state index is 0.145. The van der Waals surface area contributed by atoms with Crippen LogP contribution in [0.3, 0.4) is 0 Å². The zero-order valence-electron chi connectivity index (χ0n) is 13.2. The summed E-state index contributed by atoms with van der Waals surface area (Å²) in [5.74, 6) is -0.815. The zero-order valence-corrected chi connectivity index (χ0v) is 13.2. The number of nitriles is 1. The van der Waals surface area contributed by atoms with Crippen molar-refractivity contribution < 1.29 is 13.9 Å². The van der Waals surface area contributed by atoms with E-state index < -0.39 is 11.9 Å². The van der Waals surface area contributed by atoms with Gasteiger partial charge in [-0.1, -0.05) is 24.3 Å². The standard InChI is InChI=1S/C18H21FN2O2/c1-2-23-17(13-7-3-4-8-13)11-18(22)21-16(12-20)14-9-5-6-10-15(14)19/h5-7,9-10,16-17H,2-4,8,11H2,1H3,(H,21,22). The van der Waals surface area contributed by atoms with Crippen LogP contribution in [0.25, 0.3) is 0 Å². The van der Waals surface area contributed by atoms with Crippen molar-refractivity contribution in [1.82, 2.24) is 5.32 Å². The highest BCUT2D eigenvalue weighted by atomic mass is 19.1. The fourth-order valence-corrected chi connectivity index (χ4v) is 2.76. The number of carbonyl (C=O) groups excluding carboxylic acids is 1. The molecule has 0 spiro atoms. The van der Waals surface area contributed by atoms with Gasteiger partial charge < -0.3 is 10.1 Å². The third kappa shape index (κ3) is 4.64. The van der Waals surface area contributed by atoms with Crippen molar-refractivity contribution in [3.63, 3.8) is 0 Å². The summed E-state index contributed by atoms with van der Waals surface area (Å²) in [5.41, 5.74) is 1.32. The number of ether oxygens (including phenoxy) is 1. The third-order valence-corrected chi connectivity index (χ3v) is 3.88. The van der Waals surface area contributed by atoms with Gasteiger partial charge in [0.1, 0.15) is 11.9 Å². The molecule has 0 fully saturated rings. The summed E-state index contributed by atoms with van der Waals surface area (Å²) in [4.78, 5) is 12.2. The number of allylic oxidation sites excluding steroid dienone is 1. The average molecular weight is 316 g/mol. The molecule has 4 nitrogen and oxygen atoms in total. The molecule has 1 aliphatic carbocycles. The van der Waals surface area contributed by atoms with Crippen LogP contribution < -0.4 is 5.32 Å². The van der Waals surface area contributed by atoms with E-state index in [0.29, 0.717) is 6.61 Å². The van der Waals surface area contributed by atoms with Crippen molar-refractivity contribution in [2.24, 2.45) is 0 Å². The second-order valence-electron chi connectivity index (χ2n) is 5.47. The molecule has 1 aromatic carbocycles. The Morgan fingerprint density at radius 3 is 2.87 bits per heavy atom. The van der Waals surface area contributed by atoms with E-state index in [9.17, 15) is 14.4 Å². The smallest absolute Gasteiger partial charge is 0.224 e. The maximum Gasteiger partial charge on any atom is 0.224 e. The van der Waals surface area contributed by atoms with Crippen LogP contribution >= 0.6 is 0 Å². The van der Waals surface area contributed by atoms with E-state index >= 15 is 0 Å². The van der Waals surface area contributed by atoms with Gasteiger partial charge >= 0.3 is 0 Å². The van der Waals surface area contributed by atoms with E-state index in [0.717, 1.165) is 24.8 Å². The molecule has 0 aromatic heterocycles. The van der Waals surface area contributed by atoms with Crippen LogP contribution in [0.1, 0.15) is 44.2 Å². The molecule has 1 aromatic rings. The summed E-state index contributed by atoms with van der Waals surface area (Å²) in [6.45, 7) is 2.40. The van der Waals surface area contributed by atoms with Crippen molar-refractivity contribution in [3.8, 4) is 6.07 Å². The second-order valence-corrected chi connectivity index (χ2v) is 5.47. The number of hydrogen-bond donors (Lipinski definition) is 1. The summed E-state index contributed by atoms with van der Waals surface area (Å²) < 4.78 is 19.4. The zero-order chi connectivity index (χ0) is 16.7. The summed E-state index contributed by atoms with van der Waals surface area (Å²) in [6, 6.07) is 6.91. The van der Waals surface area contributed by atoms with Gasteiger partial charge in [0.25, 0.3) is 0 Å². The van der Waals surface area contributed by atoms with Crippen LogP contribution in [0.2, 0.25) is 0 Å². The van der Waals surface area contributed by atoms with Crippen LogP contribution in [-0.4, -0.2) is 18.6 Å². The second kappa shape index (κ2) is 8.44. The summed E-state index contributed by atoms with van der Waals surface area (Å²) in [7, 11) is 0. The van der Waals surface area contributed by atoms with Crippen LogP contribution in [-0.2, 0) is 9.53 Å². The molecule has 1 N–H and O–H groups in total. The molecular formula is C18H21FN2O2. The van der Waals surface area contributed by atoms with Crippen molar-refractivity contribution in [2.75, 3.05) is 6.61 Å². The molecule has 0 radical (unpaired) electrons. The summed E-state index contributed by atoms with van der Waals surface area (Å²) in [6.07, 6.45) is 5.03. The predicted molar refractivity (Wildman–Crippen MR) is 84.9 cm³/mol. The first-order valence-corrected chi connectivity index (χ1v) is 7.89. The molecule has 1 amide bonds. The Morgan fingerprint density at radius 2 is 2.26 bits per heavy atom. The highest BCUT2D eigenvalue weighted by molar-refractivity contribution is 5.77. The van der Waals surface area contributed by atoms with E-state index in [2.05, 4.69) is 11.4 Å². The van der Waals surface area contributed by atoms with Gasteiger partial charge in [0.2, 0.25) is 5.91 Å². The molecule has 1 aliphatic rings. The maximum atomic E-state index is 13.8. The Hall–Kier alpha value is -2.19. The van der Waals surface area contributed by atoms with E-state index in [1.165, 1.54) is 12.1 Å². The lowest BCUT2D eigenvalue weighted by Gasteiger charge is -2.19. The Bertz CT molecular complexity index is 622. The van der Waals surface area contributed by atoms with Gasteiger partial charge in [-0.05, 0) is 37.8 Å². The van der Waals surface area contributed by atoms with Gasteiger partial charge in [0.05, 0.1) is 18.6 Å². The molecule has 122 valence electrons. The van der Waals surface area contributed by atoms with Gasteiger partial charge in [-0.2, -0.15) is 5.26 Å². The molecule has 0 saturated carbocycles. The SMILES string of the molecule is CCOC(CC(=O)NC(C#N)c1ccccc1F)C1=CCCC1. The molecule has 2 unspecified atom stereocenters. The van der Waals surface area contributed by atoms with Crippen molar-refractivity contribution in [3.05, 3.63) is 47.3 Å². The Balaban J connectivity index is 2.02. The highest BCUT2D eigenvalue weighted by Crippen LogP contribution is 2.25. The van der Waals surface area contributed by atoms with Crippen molar-refractivity contribution in [1.29, 1.82) is 5.26 Å².